The van der Waals surface area contributed by atoms with Crippen molar-refractivity contribution in [1.82, 2.24) is 14.3 Å². The Kier molecular flexibility index (Phi) is 6.23. The lowest BCUT2D eigenvalue weighted by Crippen LogP contribution is -2.37. The summed E-state index contributed by atoms with van der Waals surface area (Å²) < 4.78 is 40.4. The second kappa shape index (κ2) is 8.56. The highest BCUT2D eigenvalue weighted by Crippen LogP contribution is 2.24. The summed E-state index contributed by atoms with van der Waals surface area (Å²) in [6.07, 6.45) is -7.67. The molecule has 0 bridgehead atoms. The Hall–Kier alpha value is -3.11. The highest BCUT2D eigenvalue weighted by molar-refractivity contribution is 6.30. The van der Waals surface area contributed by atoms with E-state index < -0.39 is 30.5 Å². The first-order chi connectivity index (χ1) is 14.5. The van der Waals surface area contributed by atoms with Gasteiger partial charge in [-0.1, -0.05) is 23.7 Å². The number of aryl methyl sites for hydroxylation is 1. The number of carbonyl (C=O) groups is 1. The van der Waals surface area contributed by atoms with Crippen molar-refractivity contribution < 1.29 is 28.2 Å². The minimum Gasteiger partial charge on any atom is -0.478 e. The Morgan fingerprint density at radius 2 is 1.84 bits per heavy atom. The molecule has 0 amide bonds. The van der Waals surface area contributed by atoms with E-state index in [0.29, 0.717) is 21.7 Å². The molecule has 1 unspecified atom stereocenters. The SMILES string of the molecule is Cc1cc(Cn2nc(-c3ccc(Cl)cc3)n(CC(O)C(F)(F)F)c2=O)ccc1C(=O)O. The van der Waals surface area contributed by atoms with Gasteiger partial charge >= 0.3 is 17.8 Å². The van der Waals surface area contributed by atoms with Crippen molar-refractivity contribution in [2.24, 2.45) is 0 Å². The van der Waals surface area contributed by atoms with Crippen LogP contribution < -0.4 is 5.69 Å². The molecule has 0 saturated heterocycles. The van der Waals surface area contributed by atoms with Crippen LogP contribution in [0.3, 0.4) is 0 Å². The Bertz CT molecular complexity index is 1170. The number of nitrogens with zero attached hydrogens (tertiary/aromatic N) is 3. The summed E-state index contributed by atoms with van der Waals surface area (Å²) in [4.78, 5) is 24.0. The van der Waals surface area contributed by atoms with Crippen LogP contribution in [0, 0.1) is 6.92 Å². The highest BCUT2D eigenvalue weighted by atomic mass is 35.5. The summed E-state index contributed by atoms with van der Waals surface area (Å²) in [5, 5.41) is 23.2. The van der Waals surface area contributed by atoms with Gasteiger partial charge in [0, 0.05) is 10.6 Å². The number of hydrogen-bond donors (Lipinski definition) is 2. The summed E-state index contributed by atoms with van der Waals surface area (Å²) in [5.41, 5.74) is 0.577. The lowest BCUT2D eigenvalue weighted by atomic mass is 10.1. The van der Waals surface area contributed by atoms with Crippen LogP contribution in [0.15, 0.2) is 47.3 Å². The van der Waals surface area contributed by atoms with Crippen molar-refractivity contribution in [3.05, 3.63) is 74.7 Å². The molecule has 1 atom stereocenters. The maximum Gasteiger partial charge on any atom is 0.416 e. The standard InChI is InChI=1S/C20H17ClF3N3O4/c1-11-8-12(2-7-15(11)18(29)30)9-27-19(31)26(10-16(28)20(22,23)24)17(25-27)13-3-5-14(21)6-4-13/h2-8,16,28H,9-10H2,1H3,(H,29,30). The molecule has 164 valence electrons. The molecule has 2 aromatic carbocycles. The second-order valence-electron chi connectivity index (χ2n) is 6.89. The van der Waals surface area contributed by atoms with Crippen LogP contribution in [0.1, 0.15) is 21.5 Å². The predicted molar refractivity (Wildman–Crippen MR) is 106 cm³/mol. The normalized spacial score (nSPS) is 12.7. The number of alkyl halides is 3. The molecule has 1 heterocycles. The van der Waals surface area contributed by atoms with Gasteiger partial charge in [-0.3, -0.25) is 4.57 Å². The summed E-state index contributed by atoms with van der Waals surface area (Å²) in [5.74, 6) is -1.17. The lowest BCUT2D eigenvalue weighted by Gasteiger charge is -2.15. The van der Waals surface area contributed by atoms with Gasteiger partial charge in [0.15, 0.2) is 11.9 Å². The van der Waals surface area contributed by atoms with Crippen LogP contribution in [-0.4, -0.2) is 42.8 Å². The molecule has 0 aliphatic rings. The molecule has 0 aliphatic heterocycles. The number of carboxylic acids is 1. The molecular weight excluding hydrogens is 439 g/mol. The largest absolute Gasteiger partial charge is 0.478 e. The van der Waals surface area contributed by atoms with E-state index in [2.05, 4.69) is 5.10 Å². The van der Waals surface area contributed by atoms with Crippen molar-refractivity contribution in [3.8, 4) is 11.4 Å². The Morgan fingerprint density at radius 1 is 1.19 bits per heavy atom. The molecule has 2 N–H and O–H groups in total. The van der Waals surface area contributed by atoms with Gasteiger partial charge < -0.3 is 10.2 Å². The second-order valence-corrected chi connectivity index (χ2v) is 7.33. The maximum atomic E-state index is 12.9. The van der Waals surface area contributed by atoms with E-state index in [1.54, 1.807) is 13.0 Å². The number of rotatable bonds is 6. The van der Waals surface area contributed by atoms with E-state index in [-0.39, 0.29) is 17.9 Å². The molecule has 0 radical (unpaired) electrons. The van der Waals surface area contributed by atoms with Gasteiger partial charge in [-0.25, -0.2) is 14.3 Å². The van der Waals surface area contributed by atoms with Gasteiger partial charge in [0.25, 0.3) is 0 Å². The number of aliphatic hydroxyl groups excluding tert-OH is 1. The smallest absolute Gasteiger partial charge is 0.416 e. The number of hydrogen-bond acceptors (Lipinski definition) is 4. The van der Waals surface area contributed by atoms with Crippen LogP contribution in [-0.2, 0) is 13.1 Å². The topological polar surface area (TPSA) is 97.4 Å². The summed E-state index contributed by atoms with van der Waals surface area (Å²) >= 11 is 5.85. The maximum absolute atomic E-state index is 12.9. The zero-order chi connectivity index (χ0) is 22.9. The van der Waals surface area contributed by atoms with Gasteiger partial charge in [-0.2, -0.15) is 13.2 Å². The van der Waals surface area contributed by atoms with E-state index in [1.807, 2.05) is 0 Å². The van der Waals surface area contributed by atoms with Crippen LogP contribution in [0.25, 0.3) is 11.4 Å². The average Bonchev–Trinajstić information content (AvgIpc) is 2.97. The van der Waals surface area contributed by atoms with Gasteiger partial charge in [0.2, 0.25) is 0 Å². The fourth-order valence-corrected chi connectivity index (χ4v) is 3.16. The number of aromatic carboxylic acids is 1. The summed E-state index contributed by atoms with van der Waals surface area (Å²) in [6, 6.07) is 10.4. The molecule has 7 nitrogen and oxygen atoms in total. The van der Waals surface area contributed by atoms with Crippen LogP contribution in [0.2, 0.25) is 5.02 Å². The number of halogens is 4. The van der Waals surface area contributed by atoms with Gasteiger partial charge in [0.05, 0.1) is 18.7 Å². The average molecular weight is 456 g/mol. The first-order valence-electron chi connectivity index (χ1n) is 8.98. The third kappa shape index (κ3) is 4.97. The minimum atomic E-state index is -4.91. The number of benzene rings is 2. The van der Waals surface area contributed by atoms with E-state index >= 15 is 0 Å². The van der Waals surface area contributed by atoms with Crippen molar-refractivity contribution >= 4 is 17.6 Å². The van der Waals surface area contributed by atoms with Crippen molar-refractivity contribution in [2.75, 3.05) is 0 Å². The molecule has 0 saturated carbocycles. The van der Waals surface area contributed by atoms with Crippen molar-refractivity contribution in [3.63, 3.8) is 0 Å². The first kappa shape index (κ1) is 22.6. The zero-order valence-corrected chi connectivity index (χ0v) is 16.9. The fraction of sp³-hybridized carbons (Fsp3) is 0.250. The Morgan fingerprint density at radius 3 is 2.39 bits per heavy atom. The highest BCUT2D eigenvalue weighted by Gasteiger charge is 2.39. The zero-order valence-electron chi connectivity index (χ0n) is 16.1. The van der Waals surface area contributed by atoms with Gasteiger partial charge in [0.1, 0.15) is 0 Å². The lowest BCUT2D eigenvalue weighted by molar-refractivity contribution is -0.207. The number of carboxylic acid groups (broad SMARTS) is 1. The van der Waals surface area contributed by atoms with Gasteiger partial charge in [-0.05, 0) is 48.4 Å². The van der Waals surface area contributed by atoms with Crippen LogP contribution >= 0.6 is 11.6 Å². The molecule has 3 aromatic rings. The Balaban J connectivity index is 2.04. The first-order valence-corrected chi connectivity index (χ1v) is 9.36. The van der Waals surface area contributed by atoms with E-state index in [9.17, 15) is 27.9 Å². The molecule has 31 heavy (non-hydrogen) atoms. The quantitative estimate of drug-likeness (QED) is 0.594. The minimum absolute atomic E-state index is 0.0659. The molecule has 0 aliphatic carbocycles. The number of aromatic nitrogens is 3. The summed E-state index contributed by atoms with van der Waals surface area (Å²) in [6.45, 7) is 0.458. The van der Waals surface area contributed by atoms with E-state index in [0.717, 1.165) is 9.25 Å². The molecule has 1 aromatic heterocycles. The number of aliphatic hydroxyl groups is 1. The monoisotopic (exact) mass is 455 g/mol. The Labute approximate surface area is 178 Å². The molecule has 0 fully saturated rings. The van der Waals surface area contributed by atoms with Crippen LogP contribution in [0.5, 0.6) is 0 Å². The predicted octanol–water partition coefficient (Wildman–Crippen LogP) is 3.34. The molecule has 0 spiro atoms. The van der Waals surface area contributed by atoms with E-state index in [1.165, 1.54) is 36.4 Å². The van der Waals surface area contributed by atoms with Gasteiger partial charge in [-0.15, -0.1) is 5.10 Å². The van der Waals surface area contributed by atoms with Crippen molar-refractivity contribution in [2.45, 2.75) is 32.3 Å². The molecular formula is C20H17ClF3N3O4. The fourth-order valence-electron chi connectivity index (χ4n) is 3.03. The van der Waals surface area contributed by atoms with Crippen molar-refractivity contribution in [1.29, 1.82) is 0 Å². The molecule has 11 heteroatoms. The van der Waals surface area contributed by atoms with Crippen LogP contribution in [0.4, 0.5) is 13.2 Å². The van der Waals surface area contributed by atoms with E-state index in [4.69, 9.17) is 16.7 Å². The third-order valence-electron chi connectivity index (χ3n) is 4.61. The summed E-state index contributed by atoms with van der Waals surface area (Å²) in [7, 11) is 0. The third-order valence-corrected chi connectivity index (χ3v) is 4.86. The molecule has 3 rings (SSSR count).